The second kappa shape index (κ2) is 10.1. The van der Waals surface area contributed by atoms with E-state index in [0.29, 0.717) is 42.6 Å². The van der Waals surface area contributed by atoms with Gasteiger partial charge < -0.3 is 25.7 Å². The number of benzene rings is 1. The number of aromatic nitrogens is 2. The van der Waals surface area contributed by atoms with Crippen molar-refractivity contribution in [3.63, 3.8) is 0 Å². The van der Waals surface area contributed by atoms with Gasteiger partial charge >= 0.3 is 5.97 Å². The number of carbonyl (C=O) groups is 1. The lowest BCUT2D eigenvalue weighted by Crippen LogP contribution is -2.12. The predicted molar refractivity (Wildman–Crippen MR) is 115 cm³/mol. The molecule has 1 fully saturated rings. The van der Waals surface area contributed by atoms with Crippen LogP contribution >= 0.6 is 0 Å². The van der Waals surface area contributed by atoms with Crippen LogP contribution in [0.3, 0.4) is 0 Å². The van der Waals surface area contributed by atoms with Crippen molar-refractivity contribution in [1.82, 2.24) is 9.97 Å². The van der Waals surface area contributed by atoms with Gasteiger partial charge in [-0.25, -0.2) is 9.78 Å². The minimum atomic E-state index is -0.328. The van der Waals surface area contributed by atoms with E-state index in [1.165, 1.54) is 26.4 Å². The third kappa shape index (κ3) is 5.31. The molecule has 1 heterocycles. The van der Waals surface area contributed by atoms with Gasteiger partial charge in [0.05, 0.1) is 31.6 Å². The number of rotatable bonds is 8. The van der Waals surface area contributed by atoms with E-state index in [2.05, 4.69) is 9.97 Å². The molecule has 0 spiro atoms. The Bertz CT molecular complexity index is 858. The molecule has 0 radical (unpaired) electrons. The molecular weight excluding hydrogens is 384 g/mol. The monoisotopic (exact) mass is 414 g/mol. The van der Waals surface area contributed by atoms with E-state index in [9.17, 15) is 4.79 Å². The van der Waals surface area contributed by atoms with Crippen LogP contribution in [0.5, 0.6) is 11.5 Å². The molecule has 0 saturated heterocycles. The third-order valence-electron chi connectivity index (χ3n) is 5.35. The number of nitrogens with two attached hydrogens (primary N) is 2. The summed E-state index contributed by atoms with van der Waals surface area (Å²) in [5, 5.41) is 0. The zero-order valence-corrected chi connectivity index (χ0v) is 17.6. The Hall–Kier alpha value is -3.03. The SMILES string of the molecule is COC(=O)c1ccc(OCCCOc2c(C)nc(N)nc2N)c(C2CCCCC2)c1. The molecule has 1 aliphatic rings. The van der Waals surface area contributed by atoms with Gasteiger partial charge in [-0.2, -0.15) is 4.98 Å². The fourth-order valence-corrected chi connectivity index (χ4v) is 3.86. The van der Waals surface area contributed by atoms with Gasteiger partial charge in [0.25, 0.3) is 0 Å². The van der Waals surface area contributed by atoms with Crippen molar-refractivity contribution in [3.8, 4) is 11.5 Å². The first-order valence-electron chi connectivity index (χ1n) is 10.4. The summed E-state index contributed by atoms with van der Waals surface area (Å²) in [4.78, 5) is 20.0. The summed E-state index contributed by atoms with van der Waals surface area (Å²) >= 11 is 0. The molecule has 0 amide bonds. The molecule has 1 aromatic heterocycles. The van der Waals surface area contributed by atoms with Crippen LogP contribution in [-0.4, -0.2) is 36.3 Å². The summed E-state index contributed by atoms with van der Waals surface area (Å²) in [5.74, 6) is 1.72. The summed E-state index contributed by atoms with van der Waals surface area (Å²) in [5.41, 5.74) is 13.7. The zero-order chi connectivity index (χ0) is 21.5. The highest BCUT2D eigenvalue weighted by molar-refractivity contribution is 5.89. The van der Waals surface area contributed by atoms with Crippen LogP contribution in [0.2, 0.25) is 0 Å². The minimum absolute atomic E-state index is 0.131. The molecule has 0 aliphatic heterocycles. The summed E-state index contributed by atoms with van der Waals surface area (Å²) < 4.78 is 16.7. The molecule has 1 saturated carbocycles. The van der Waals surface area contributed by atoms with Crippen molar-refractivity contribution in [3.05, 3.63) is 35.0 Å². The van der Waals surface area contributed by atoms with Crippen molar-refractivity contribution in [2.75, 3.05) is 31.8 Å². The van der Waals surface area contributed by atoms with E-state index in [1.807, 2.05) is 12.1 Å². The molecule has 30 heavy (non-hydrogen) atoms. The number of nitrogens with zero attached hydrogens (tertiary/aromatic N) is 2. The Balaban J connectivity index is 1.61. The average molecular weight is 415 g/mol. The molecule has 0 atom stereocenters. The second-order valence-electron chi connectivity index (χ2n) is 7.51. The average Bonchev–Trinajstić information content (AvgIpc) is 2.75. The number of ether oxygens (including phenoxy) is 3. The zero-order valence-electron chi connectivity index (χ0n) is 17.6. The highest BCUT2D eigenvalue weighted by Gasteiger charge is 2.21. The number of nitrogen functional groups attached to an aromatic ring is 2. The van der Waals surface area contributed by atoms with Crippen LogP contribution in [-0.2, 0) is 4.74 Å². The summed E-state index contributed by atoms with van der Waals surface area (Å²) in [7, 11) is 1.40. The fraction of sp³-hybridized carbons (Fsp3) is 0.500. The Morgan fingerprint density at radius 1 is 1.10 bits per heavy atom. The highest BCUT2D eigenvalue weighted by Crippen LogP contribution is 2.38. The first-order chi connectivity index (χ1) is 14.5. The van der Waals surface area contributed by atoms with Crippen molar-refractivity contribution in [2.24, 2.45) is 0 Å². The number of hydrogen-bond acceptors (Lipinski definition) is 8. The summed E-state index contributed by atoms with van der Waals surface area (Å²) in [6.45, 7) is 2.67. The molecule has 2 aromatic rings. The molecule has 162 valence electrons. The maximum atomic E-state index is 12.0. The number of aryl methyl sites for hydroxylation is 1. The number of methoxy groups -OCH3 is 1. The van der Waals surface area contributed by atoms with E-state index < -0.39 is 0 Å². The normalized spacial score (nSPS) is 14.3. The van der Waals surface area contributed by atoms with Gasteiger partial charge in [0, 0.05) is 6.42 Å². The molecule has 1 aromatic carbocycles. The van der Waals surface area contributed by atoms with Crippen molar-refractivity contribution in [2.45, 2.75) is 51.4 Å². The van der Waals surface area contributed by atoms with Crippen LogP contribution < -0.4 is 20.9 Å². The maximum absolute atomic E-state index is 12.0. The lowest BCUT2D eigenvalue weighted by molar-refractivity contribution is 0.0600. The molecule has 4 N–H and O–H groups in total. The van der Waals surface area contributed by atoms with Crippen LogP contribution in [0.15, 0.2) is 18.2 Å². The van der Waals surface area contributed by atoms with E-state index >= 15 is 0 Å². The van der Waals surface area contributed by atoms with E-state index in [4.69, 9.17) is 25.7 Å². The van der Waals surface area contributed by atoms with Gasteiger partial charge in [-0.15, -0.1) is 0 Å². The number of hydrogen-bond donors (Lipinski definition) is 2. The van der Waals surface area contributed by atoms with Crippen LogP contribution in [0.1, 0.15) is 66.1 Å². The van der Waals surface area contributed by atoms with Crippen molar-refractivity contribution in [1.29, 1.82) is 0 Å². The van der Waals surface area contributed by atoms with Gasteiger partial charge in [-0.3, -0.25) is 0 Å². The van der Waals surface area contributed by atoms with Crippen LogP contribution in [0, 0.1) is 6.92 Å². The second-order valence-corrected chi connectivity index (χ2v) is 7.51. The third-order valence-corrected chi connectivity index (χ3v) is 5.35. The van der Waals surface area contributed by atoms with Gasteiger partial charge in [0.1, 0.15) is 5.75 Å². The predicted octanol–water partition coefficient (Wildman–Crippen LogP) is 3.63. The molecule has 0 unspecified atom stereocenters. The molecule has 8 nitrogen and oxygen atoms in total. The molecule has 3 rings (SSSR count). The largest absolute Gasteiger partial charge is 0.493 e. The number of anilines is 2. The van der Waals surface area contributed by atoms with Gasteiger partial charge in [-0.1, -0.05) is 19.3 Å². The fourth-order valence-electron chi connectivity index (χ4n) is 3.86. The highest BCUT2D eigenvalue weighted by atomic mass is 16.5. The van der Waals surface area contributed by atoms with E-state index in [-0.39, 0.29) is 17.7 Å². The van der Waals surface area contributed by atoms with Crippen LogP contribution in [0.4, 0.5) is 11.8 Å². The number of carbonyl (C=O) groups excluding carboxylic acids is 1. The summed E-state index contributed by atoms with van der Waals surface area (Å²) in [6.07, 6.45) is 6.54. The number of esters is 1. The standard InChI is InChI=1S/C22H30N4O4/c1-14-19(20(23)26-22(24)25-14)30-12-6-11-29-18-10-9-16(21(27)28-2)13-17(18)15-7-4-3-5-8-15/h9-10,13,15H,3-8,11-12H2,1-2H3,(H4,23,24,25,26). The van der Waals surface area contributed by atoms with Crippen LogP contribution in [0.25, 0.3) is 0 Å². The molecular formula is C22H30N4O4. The van der Waals surface area contributed by atoms with Crippen molar-refractivity contribution >= 4 is 17.7 Å². The topological polar surface area (TPSA) is 123 Å². The van der Waals surface area contributed by atoms with Gasteiger partial charge in [-0.05, 0) is 49.4 Å². The van der Waals surface area contributed by atoms with E-state index in [0.717, 1.165) is 24.2 Å². The van der Waals surface area contributed by atoms with Crippen molar-refractivity contribution < 1.29 is 19.0 Å². The van der Waals surface area contributed by atoms with Gasteiger partial charge in [0.15, 0.2) is 11.6 Å². The summed E-state index contributed by atoms with van der Waals surface area (Å²) in [6, 6.07) is 5.54. The Kier molecular flexibility index (Phi) is 7.32. The minimum Gasteiger partial charge on any atom is -0.493 e. The Morgan fingerprint density at radius 3 is 2.53 bits per heavy atom. The lowest BCUT2D eigenvalue weighted by Gasteiger charge is -2.24. The molecule has 0 bridgehead atoms. The molecule has 1 aliphatic carbocycles. The quantitative estimate of drug-likeness (QED) is 0.496. The van der Waals surface area contributed by atoms with Gasteiger partial charge in [0.2, 0.25) is 5.95 Å². The maximum Gasteiger partial charge on any atom is 0.337 e. The first-order valence-corrected chi connectivity index (χ1v) is 10.4. The molecule has 8 heteroatoms. The first kappa shape index (κ1) is 21.7. The lowest BCUT2D eigenvalue weighted by atomic mass is 9.83. The Labute approximate surface area is 176 Å². The van der Waals surface area contributed by atoms with E-state index in [1.54, 1.807) is 13.0 Å². The Morgan fingerprint density at radius 2 is 1.83 bits per heavy atom. The smallest absolute Gasteiger partial charge is 0.337 e.